The average molecular weight is 232 g/mol. The molecule has 86 valence electrons. The summed E-state index contributed by atoms with van der Waals surface area (Å²) in [4.78, 5) is 0.185. The number of hydrogen-bond donors (Lipinski definition) is 2. The van der Waals surface area contributed by atoms with Gasteiger partial charge in [0.15, 0.2) is 0 Å². The van der Waals surface area contributed by atoms with Gasteiger partial charge in [0.05, 0.1) is 12.7 Å². The fourth-order valence-electron chi connectivity index (χ4n) is 1.06. The van der Waals surface area contributed by atoms with Crippen LogP contribution >= 0.6 is 0 Å². The molecule has 1 aromatic heterocycles. The molecular weight excluding hydrogens is 216 g/mol. The summed E-state index contributed by atoms with van der Waals surface area (Å²) in [6.45, 7) is 3.29. The summed E-state index contributed by atoms with van der Waals surface area (Å²) in [6, 6.07) is 0. The second-order valence-electron chi connectivity index (χ2n) is 3.13. The summed E-state index contributed by atoms with van der Waals surface area (Å²) in [5.74, 6) is 0. The Morgan fingerprint density at radius 3 is 2.93 bits per heavy atom. The molecule has 1 aromatic rings. The van der Waals surface area contributed by atoms with E-state index in [1.165, 1.54) is 17.1 Å². The highest BCUT2D eigenvalue weighted by molar-refractivity contribution is 7.89. The van der Waals surface area contributed by atoms with E-state index in [1.807, 2.05) is 6.92 Å². The number of sulfonamides is 1. The van der Waals surface area contributed by atoms with E-state index in [0.717, 1.165) is 6.42 Å². The molecule has 3 N–H and O–H groups in total. The van der Waals surface area contributed by atoms with Crippen LogP contribution in [0.2, 0.25) is 0 Å². The first-order valence-corrected chi connectivity index (χ1v) is 6.30. The van der Waals surface area contributed by atoms with Gasteiger partial charge in [0, 0.05) is 19.3 Å². The van der Waals surface area contributed by atoms with E-state index in [1.54, 1.807) is 0 Å². The second kappa shape index (κ2) is 5.24. The van der Waals surface area contributed by atoms with E-state index >= 15 is 0 Å². The fraction of sp³-hybridized carbons (Fsp3) is 0.625. The van der Waals surface area contributed by atoms with E-state index in [9.17, 15) is 8.42 Å². The van der Waals surface area contributed by atoms with Crippen molar-refractivity contribution in [1.29, 1.82) is 0 Å². The number of rotatable bonds is 6. The number of aromatic nitrogens is 2. The molecule has 0 bridgehead atoms. The van der Waals surface area contributed by atoms with Gasteiger partial charge in [-0.05, 0) is 6.42 Å². The predicted molar refractivity (Wildman–Crippen MR) is 56.8 cm³/mol. The molecule has 0 aromatic carbocycles. The third-order valence-electron chi connectivity index (χ3n) is 1.82. The average Bonchev–Trinajstić information content (AvgIpc) is 2.65. The predicted octanol–water partition coefficient (Wildman–Crippen LogP) is -0.470. The first kappa shape index (κ1) is 12.2. The Balaban J connectivity index is 2.76. The van der Waals surface area contributed by atoms with Gasteiger partial charge in [-0.1, -0.05) is 6.92 Å². The third-order valence-corrected chi connectivity index (χ3v) is 3.24. The Labute approximate surface area is 89.5 Å². The highest BCUT2D eigenvalue weighted by Gasteiger charge is 2.14. The maximum absolute atomic E-state index is 11.6. The van der Waals surface area contributed by atoms with Crippen molar-refractivity contribution in [2.75, 3.05) is 13.1 Å². The molecule has 6 nitrogen and oxygen atoms in total. The topological polar surface area (TPSA) is 90.0 Å². The Hall–Kier alpha value is -0.920. The molecule has 0 fully saturated rings. The van der Waals surface area contributed by atoms with E-state index in [4.69, 9.17) is 5.73 Å². The normalized spacial score (nSPS) is 11.9. The van der Waals surface area contributed by atoms with Crippen LogP contribution in [0.1, 0.15) is 13.3 Å². The van der Waals surface area contributed by atoms with Crippen LogP contribution in [0.5, 0.6) is 0 Å². The van der Waals surface area contributed by atoms with Crippen molar-refractivity contribution in [3.8, 4) is 0 Å². The minimum Gasteiger partial charge on any atom is -0.329 e. The van der Waals surface area contributed by atoms with Crippen LogP contribution in [0.4, 0.5) is 0 Å². The van der Waals surface area contributed by atoms with Gasteiger partial charge in [-0.2, -0.15) is 5.10 Å². The lowest BCUT2D eigenvalue weighted by molar-refractivity contribution is 0.580. The minimum absolute atomic E-state index is 0.185. The summed E-state index contributed by atoms with van der Waals surface area (Å²) in [7, 11) is -3.39. The molecule has 0 aliphatic carbocycles. The Bertz CT molecular complexity index is 399. The van der Waals surface area contributed by atoms with E-state index in [2.05, 4.69) is 9.82 Å². The molecule has 0 unspecified atom stereocenters. The van der Waals surface area contributed by atoms with E-state index in [-0.39, 0.29) is 4.90 Å². The van der Waals surface area contributed by atoms with Gasteiger partial charge in [-0.3, -0.25) is 4.68 Å². The maximum atomic E-state index is 11.6. The number of nitrogens with zero attached hydrogens (tertiary/aromatic N) is 2. The minimum atomic E-state index is -3.39. The van der Waals surface area contributed by atoms with Gasteiger partial charge in [-0.25, -0.2) is 13.1 Å². The van der Waals surface area contributed by atoms with Crippen LogP contribution in [0.15, 0.2) is 17.3 Å². The third kappa shape index (κ3) is 3.29. The Kier molecular flexibility index (Phi) is 4.25. The van der Waals surface area contributed by atoms with Crippen molar-refractivity contribution < 1.29 is 8.42 Å². The number of hydrogen-bond acceptors (Lipinski definition) is 4. The number of nitrogens with two attached hydrogens (primary N) is 1. The molecular formula is C8H16N4O2S. The lowest BCUT2D eigenvalue weighted by Crippen LogP contribution is -2.24. The largest absolute Gasteiger partial charge is 0.329 e. The molecule has 15 heavy (non-hydrogen) atoms. The zero-order valence-corrected chi connectivity index (χ0v) is 9.50. The Morgan fingerprint density at radius 2 is 2.33 bits per heavy atom. The lowest BCUT2D eigenvalue weighted by atomic mass is 10.5. The van der Waals surface area contributed by atoms with E-state index < -0.39 is 10.0 Å². The zero-order valence-electron chi connectivity index (χ0n) is 8.68. The SMILES string of the molecule is CCCNS(=O)(=O)c1cnn(CCN)c1. The van der Waals surface area contributed by atoms with Crippen molar-refractivity contribution in [3.63, 3.8) is 0 Å². The molecule has 1 heterocycles. The van der Waals surface area contributed by atoms with Crippen LogP contribution in [-0.4, -0.2) is 31.3 Å². The molecule has 0 saturated carbocycles. The molecule has 0 radical (unpaired) electrons. The second-order valence-corrected chi connectivity index (χ2v) is 4.89. The van der Waals surface area contributed by atoms with Gasteiger partial charge < -0.3 is 5.73 Å². The molecule has 1 rings (SSSR count). The van der Waals surface area contributed by atoms with Crippen molar-refractivity contribution in [3.05, 3.63) is 12.4 Å². The van der Waals surface area contributed by atoms with E-state index in [0.29, 0.717) is 19.6 Å². The van der Waals surface area contributed by atoms with Crippen LogP contribution in [0, 0.1) is 0 Å². The molecule has 0 saturated heterocycles. The zero-order chi connectivity index (χ0) is 11.3. The standard InChI is InChI=1S/C8H16N4O2S/c1-2-4-11-15(13,14)8-6-10-12(7-8)5-3-9/h6-7,11H,2-5,9H2,1H3. The first-order valence-electron chi connectivity index (χ1n) is 4.82. The monoisotopic (exact) mass is 232 g/mol. The summed E-state index contributed by atoms with van der Waals surface area (Å²) in [6.07, 6.45) is 3.56. The molecule has 0 amide bonds. The molecule has 0 aliphatic rings. The fourth-order valence-corrected chi connectivity index (χ4v) is 2.14. The number of nitrogens with one attached hydrogen (secondary N) is 1. The molecule has 7 heteroatoms. The highest BCUT2D eigenvalue weighted by atomic mass is 32.2. The smallest absolute Gasteiger partial charge is 0.243 e. The summed E-state index contributed by atoms with van der Waals surface area (Å²) >= 11 is 0. The van der Waals surface area contributed by atoms with Crippen molar-refractivity contribution >= 4 is 10.0 Å². The van der Waals surface area contributed by atoms with Gasteiger partial charge >= 0.3 is 0 Å². The van der Waals surface area contributed by atoms with Crippen LogP contribution in [-0.2, 0) is 16.6 Å². The quantitative estimate of drug-likeness (QED) is 0.694. The summed E-state index contributed by atoms with van der Waals surface area (Å²) in [5, 5.41) is 3.90. The van der Waals surface area contributed by atoms with Gasteiger partial charge in [0.25, 0.3) is 0 Å². The van der Waals surface area contributed by atoms with Crippen molar-refractivity contribution in [2.45, 2.75) is 24.8 Å². The van der Waals surface area contributed by atoms with Crippen LogP contribution in [0.3, 0.4) is 0 Å². The molecule has 0 spiro atoms. The van der Waals surface area contributed by atoms with Crippen molar-refractivity contribution in [1.82, 2.24) is 14.5 Å². The first-order chi connectivity index (χ1) is 7.10. The summed E-state index contributed by atoms with van der Waals surface area (Å²) in [5.41, 5.74) is 5.33. The lowest BCUT2D eigenvalue weighted by Gasteiger charge is -2.01. The molecule has 0 aliphatic heterocycles. The van der Waals surface area contributed by atoms with Crippen molar-refractivity contribution in [2.24, 2.45) is 5.73 Å². The maximum Gasteiger partial charge on any atom is 0.243 e. The van der Waals surface area contributed by atoms with Gasteiger partial charge in [0.1, 0.15) is 4.90 Å². The van der Waals surface area contributed by atoms with Gasteiger partial charge in [0.2, 0.25) is 10.0 Å². The van der Waals surface area contributed by atoms with Crippen LogP contribution < -0.4 is 10.5 Å². The Morgan fingerprint density at radius 1 is 1.60 bits per heavy atom. The summed E-state index contributed by atoms with van der Waals surface area (Å²) < 4.78 is 27.2. The van der Waals surface area contributed by atoms with Crippen LogP contribution in [0.25, 0.3) is 0 Å². The van der Waals surface area contributed by atoms with Gasteiger partial charge in [-0.15, -0.1) is 0 Å². The highest BCUT2D eigenvalue weighted by Crippen LogP contribution is 2.06. The molecule has 0 atom stereocenters.